The number of amides is 1. The monoisotopic (exact) mass is 416 g/mol. The highest BCUT2D eigenvalue weighted by Gasteiger charge is 2.22. The topological polar surface area (TPSA) is 119 Å². The predicted octanol–water partition coefficient (Wildman–Crippen LogP) is 3.98. The number of nitrogens with one attached hydrogen (secondary N) is 2. The second kappa shape index (κ2) is 9.14. The molecule has 3 aromatic rings. The summed E-state index contributed by atoms with van der Waals surface area (Å²) < 4.78 is 0. The van der Waals surface area contributed by atoms with Crippen LogP contribution in [0.2, 0.25) is 0 Å². The number of aromatic nitrogens is 2. The van der Waals surface area contributed by atoms with Gasteiger partial charge in [-0.2, -0.15) is 0 Å². The van der Waals surface area contributed by atoms with Crippen molar-refractivity contribution in [1.82, 2.24) is 9.97 Å². The van der Waals surface area contributed by atoms with E-state index < -0.39 is 5.91 Å². The van der Waals surface area contributed by atoms with Crippen LogP contribution in [0.4, 0.5) is 17.2 Å². The van der Waals surface area contributed by atoms with Crippen molar-refractivity contribution in [3.8, 4) is 11.1 Å². The van der Waals surface area contributed by atoms with Gasteiger partial charge in [-0.25, -0.2) is 9.97 Å². The van der Waals surface area contributed by atoms with Gasteiger partial charge in [0.15, 0.2) is 5.69 Å². The van der Waals surface area contributed by atoms with Crippen LogP contribution in [0.15, 0.2) is 54.7 Å². The van der Waals surface area contributed by atoms with Crippen LogP contribution in [0.1, 0.15) is 41.9 Å². The maximum atomic E-state index is 12.0. The second-order valence-corrected chi connectivity index (χ2v) is 8.06. The van der Waals surface area contributed by atoms with Gasteiger partial charge in [0, 0.05) is 17.8 Å². The number of hydrogen-bond acceptors (Lipinski definition) is 6. The van der Waals surface area contributed by atoms with E-state index in [9.17, 15) is 4.79 Å². The van der Waals surface area contributed by atoms with E-state index in [0.29, 0.717) is 11.5 Å². The minimum atomic E-state index is -0.598. The Morgan fingerprint density at radius 2 is 1.84 bits per heavy atom. The lowest BCUT2D eigenvalue weighted by atomic mass is 9.91. The first kappa shape index (κ1) is 20.8. The van der Waals surface area contributed by atoms with Crippen LogP contribution in [0, 0.1) is 6.92 Å². The quantitative estimate of drug-likeness (QED) is 0.483. The molecule has 31 heavy (non-hydrogen) atoms. The number of benzene rings is 1. The molecule has 1 fully saturated rings. The Bertz CT molecular complexity index is 1070. The molecular formula is C24H28N6O. The molecule has 160 valence electrons. The highest BCUT2D eigenvalue weighted by molar-refractivity contribution is 5.97. The van der Waals surface area contributed by atoms with Crippen molar-refractivity contribution < 1.29 is 4.79 Å². The van der Waals surface area contributed by atoms with Crippen molar-refractivity contribution in [1.29, 1.82) is 0 Å². The van der Waals surface area contributed by atoms with Gasteiger partial charge in [0.25, 0.3) is 5.91 Å². The average Bonchev–Trinajstić information content (AvgIpc) is 2.75. The number of nitrogens with two attached hydrogens (primary N) is 2. The van der Waals surface area contributed by atoms with Crippen LogP contribution in [0.25, 0.3) is 11.1 Å². The average molecular weight is 417 g/mol. The summed E-state index contributed by atoms with van der Waals surface area (Å²) in [5.74, 6) is 0.0222. The van der Waals surface area contributed by atoms with Gasteiger partial charge >= 0.3 is 0 Å². The number of primary amides is 1. The number of anilines is 3. The van der Waals surface area contributed by atoms with Gasteiger partial charge in [-0.15, -0.1) is 0 Å². The van der Waals surface area contributed by atoms with Gasteiger partial charge in [-0.1, -0.05) is 43.2 Å². The molecule has 0 unspecified atom stereocenters. The van der Waals surface area contributed by atoms with Gasteiger partial charge in [-0.05, 0) is 49.1 Å². The first-order chi connectivity index (χ1) is 15.0. The van der Waals surface area contributed by atoms with Gasteiger partial charge in [0.2, 0.25) is 0 Å². The lowest BCUT2D eigenvalue weighted by Gasteiger charge is -2.30. The van der Waals surface area contributed by atoms with Crippen LogP contribution in [-0.2, 0) is 0 Å². The molecule has 2 aromatic heterocycles. The van der Waals surface area contributed by atoms with E-state index in [1.807, 2.05) is 55.5 Å². The van der Waals surface area contributed by atoms with Crippen molar-refractivity contribution in [2.75, 3.05) is 10.6 Å². The summed E-state index contributed by atoms with van der Waals surface area (Å²) in [6, 6.07) is 16.2. The Labute approximate surface area is 182 Å². The van der Waals surface area contributed by atoms with Gasteiger partial charge in [0.05, 0.1) is 17.6 Å². The molecule has 1 amide bonds. The van der Waals surface area contributed by atoms with E-state index >= 15 is 0 Å². The van der Waals surface area contributed by atoms with Gasteiger partial charge < -0.3 is 22.1 Å². The Balaban J connectivity index is 1.64. The summed E-state index contributed by atoms with van der Waals surface area (Å²) in [5, 5.41) is 6.72. The minimum absolute atomic E-state index is 0.104. The number of nitrogens with zero attached hydrogens (tertiary/aromatic N) is 2. The molecule has 2 heterocycles. The summed E-state index contributed by atoms with van der Waals surface area (Å²) in [5.41, 5.74) is 16.3. The van der Waals surface area contributed by atoms with Gasteiger partial charge in [-0.3, -0.25) is 4.79 Å². The second-order valence-electron chi connectivity index (χ2n) is 8.06. The number of carbonyl (C=O) groups excluding carboxylic acids is 1. The number of aryl methyl sites for hydroxylation is 1. The van der Waals surface area contributed by atoms with Gasteiger partial charge in [0.1, 0.15) is 5.82 Å². The van der Waals surface area contributed by atoms with Crippen molar-refractivity contribution in [2.24, 2.45) is 11.5 Å². The highest BCUT2D eigenvalue weighted by atomic mass is 16.1. The molecule has 7 heteroatoms. The lowest BCUT2D eigenvalue weighted by molar-refractivity contribution is 0.0996. The molecule has 1 aromatic carbocycles. The molecule has 6 N–H and O–H groups in total. The summed E-state index contributed by atoms with van der Waals surface area (Å²) in [6.45, 7) is 1.94. The Morgan fingerprint density at radius 3 is 2.58 bits per heavy atom. The molecule has 0 radical (unpaired) electrons. The highest BCUT2D eigenvalue weighted by Crippen LogP contribution is 2.28. The Hall–Kier alpha value is -3.45. The van der Waals surface area contributed by atoms with Crippen molar-refractivity contribution >= 4 is 23.1 Å². The SMILES string of the molecule is Cc1cc(-c2ccccc2)cc(Nc2cc(N[C@@H]3CCCC[C@@H]3N)cnc2C(N)=O)n1. The third-order valence-corrected chi connectivity index (χ3v) is 5.62. The Morgan fingerprint density at radius 1 is 1.06 bits per heavy atom. The summed E-state index contributed by atoms with van der Waals surface area (Å²) in [4.78, 5) is 20.9. The third-order valence-electron chi connectivity index (χ3n) is 5.62. The first-order valence-corrected chi connectivity index (χ1v) is 10.6. The minimum Gasteiger partial charge on any atom is -0.379 e. The zero-order valence-corrected chi connectivity index (χ0v) is 17.6. The normalized spacial score (nSPS) is 18.4. The van der Waals surface area contributed by atoms with Crippen molar-refractivity contribution in [3.05, 3.63) is 66.1 Å². The van der Waals surface area contributed by atoms with E-state index in [2.05, 4.69) is 20.6 Å². The maximum absolute atomic E-state index is 12.0. The fraction of sp³-hybridized carbons (Fsp3) is 0.292. The largest absolute Gasteiger partial charge is 0.379 e. The smallest absolute Gasteiger partial charge is 0.269 e. The summed E-state index contributed by atoms with van der Waals surface area (Å²) in [7, 11) is 0. The third kappa shape index (κ3) is 5.00. The predicted molar refractivity (Wildman–Crippen MR) is 124 cm³/mol. The van der Waals surface area contributed by atoms with E-state index in [1.54, 1.807) is 6.20 Å². The lowest BCUT2D eigenvalue weighted by Crippen LogP contribution is -2.42. The fourth-order valence-electron chi connectivity index (χ4n) is 4.06. The van der Waals surface area contributed by atoms with Crippen LogP contribution < -0.4 is 22.1 Å². The molecular weight excluding hydrogens is 388 g/mol. The summed E-state index contributed by atoms with van der Waals surface area (Å²) >= 11 is 0. The summed E-state index contributed by atoms with van der Waals surface area (Å²) in [6.07, 6.45) is 5.96. The van der Waals surface area contributed by atoms with E-state index in [1.165, 1.54) is 0 Å². The molecule has 2 atom stereocenters. The molecule has 0 aliphatic heterocycles. The van der Waals surface area contributed by atoms with E-state index in [-0.39, 0.29) is 17.8 Å². The molecule has 4 rings (SSSR count). The standard InChI is InChI=1S/C24H28N6O/c1-15-11-17(16-7-3-2-4-8-16)12-22(28-15)30-21-13-18(14-27-23(21)24(26)31)29-20-10-6-5-9-19(20)25/h2-4,7-8,11-14,19-20,29H,5-6,9-10,25H2,1H3,(H2,26,31)(H,28,30)/t19-,20+/m0/s1. The zero-order chi connectivity index (χ0) is 21.8. The van der Waals surface area contributed by atoms with Crippen LogP contribution in [0.3, 0.4) is 0 Å². The number of pyridine rings is 2. The Kier molecular flexibility index (Phi) is 6.13. The van der Waals surface area contributed by atoms with Crippen molar-refractivity contribution in [2.45, 2.75) is 44.7 Å². The molecule has 0 spiro atoms. The fourth-order valence-corrected chi connectivity index (χ4v) is 4.06. The number of hydrogen-bond donors (Lipinski definition) is 4. The molecule has 1 aliphatic carbocycles. The van der Waals surface area contributed by atoms with Crippen molar-refractivity contribution in [3.63, 3.8) is 0 Å². The molecule has 0 saturated heterocycles. The van der Waals surface area contributed by atoms with Crippen LogP contribution in [0.5, 0.6) is 0 Å². The zero-order valence-electron chi connectivity index (χ0n) is 17.6. The molecule has 1 saturated carbocycles. The van der Waals surface area contributed by atoms with E-state index in [4.69, 9.17) is 11.5 Å². The van der Waals surface area contributed by atoms with Crippen LogP contribution in [-0.4, -0.2) is 28.0 Å². The number of carbonyl (C=O) groups is 1. The molecule has 0 bridgehead atoms. The maximum Gasteiger partial charge on any atom is 0.269 e. The van der Waals surface area contributed by atoms with E-state index in [0.717, 1.165) is 48.2 Å². The molecule has 1 aliphatic rings. The first-order valence-electron chi connectivity index (χ1n) is 10.6. The molecule has 7 nitrogen and oxygen atoms in total. The number of rotatable bonds is 6. The van der Waals surface area contributed by atoms with Crippen LogP contribution >= 0.6 is 0 Å².